The van der Waals surface area contributed by atoms with E-state index in [2.05, 4.69) is 98.9 Å². The second-order valence-electron chi connectivity index (χ2n) is 26.9. The molecule has 0 aliphatic heterocycles. The molecule has 542 valence electrons. The number of rotatable bonds is 76. The number of hydrogen-bond donors (Lipinski definition) is 2. The monoisotopic (exact) mass is 1320 g/mol. The summed E-state index contributed by atoms with van der Waals surface area (Å²) in [7, 11) is -4.40. The molecule has 0 saturated carbocycles. The largest absolute Gasteiger partial charge is 0.472 e. The Kier molecular flexibility index (Phi) is 75.8. The lowest BCUT2D eigenvalue weighted by Gasteiger charge is -2.19. The number of hydrogen-bond acceptors (Lipinski definition) is 8. The lowest BCUT2D eigenvalue weighted by Crippen LogP contribution is -2.29. The zero-order chi connectivity index (χ0) is 67.2. The van der Waals surface area contributed by atoms with Crippen LogP contribution in [0.25, 0.3) is 0 Å². The van der Waals surface area contributed by atoms with Crippen LogP contribution in [0.5, 0.6) is 0 Å². The lowest BCUT2D eigenvalue weighted by molar-refractivity contribution is -0.161. The Bertz CT molecular complexity index is 1810. The molecule has 0 aromatic carbocycles. The van der Waals surface area contributed by atoms with Gasteiger partial charge in [-0.3, -0.25) is 18.6 Å². The van der Waals surface area contributed by atoms with Gasteiger partial charge in [-0.15, -0.1) is 0 Å². The van der Waals surface area contributed by atoms with Crippen molar-refractivity contribution in [1.29, 1.82) is 0 Å². The van der Waals surface area contributed by atoms with Gasteiger partial charge in [0.15, 0.2) is 6.10 Å². The third-order valence-corrected chi connectivity index (χ3v) is 18.7. The van der Waals surface area contributed by atoms with Gasteiger partial charge in [0, 0.05) is 19.4 Å². The summed E-state index contributed by atoms with van der Waals surface area (Å²) in [6.07, 6.45) is 106. The quantitative estimate of drug-likeness (QED) is 0.0264. The number of ether oxygens (including phenoxy) is 2. The van der Waals surface area contributed by atoms with Gasteiger partial charge in [0.2, 0.25) is 0 Å². The number of nitrogens with two attached hydrogens (primary N) is 1. The Hall–Kier alpha value is -2.81. The van der Waals surface area contributed by atoms with Crippen molar-refractivity contribution in [3.05, 3.63) is 85.1 Å². The molecule has 0 amide bonds. The highest BCUT2D eigenvalue weighted by Gasteiger charge is 2.26. The molecule has 10 heteroatoms. The van der Waals surface area contributed by atoms with E-state index in [1.54, 1.807) is 0 Å². The van der Waals surface area contributed by atoms with Crippen LogP contribution in [0.3, 0.4) is 0 Å². The van der Waals surface area contributed by atoms with Crippen molar-refractivity contribution in [2.45, 2.75) is 405 Å². The fourth-order valence-corrected chi connectivity index (χ4v) is 12.6. The van der Waals surface area contributed by atoms with Crippen LogP contribution in [0.15, 0.2) is 85.1 Å². The molecule has 9 nitrogen and oxygen atoms in total. The van der Waals surface area contributed by atoms with Gasteiger partial charge in [-0.1, -0.05) is 381 Å². The second-order valence-corrected chi connectivity index (χ2v) is 28.4. The maximum atomic E-state index is 12.8. The first kappa shape index (κ1) is 90.2. The van der Waals surface area contributed by atoms with Crippen LogP contribution in [-0.2, 0) is 32.7 Å². The minimum Gasteiger partial charge on any atom is -0.462 e. The molecule has 0 bridgehead atoms. The van der Waals surface area contributed by atoms with Crippen molar-refractivity contribution in [3.8, 4) is 0 Å². The van der Waals surface area contributed by atoms with Crippen molar-refractivity contribution in [2.75, 3.05) is 26.4 Å². The van der Waals surface area contributed by atoms with Gasteiger partial charge in [-0.2, -0.15) is 0 Å². The molecule has 93 heavy (non-hydrogen) atoms. The fraction of sp³-hybridized carbons (Fsp3) is 0.807. The molecule has 2 atom stereocenters. The highest BCUT2D eigenvalue weighted by molar-refractivity contribution is 7.47. The molecule has 0 spiro atoms. The van der Waals surface area contributed by atoms with E-state index >= 15 is 0 Å². The van der Waals surface area contributed by atoms with Crippen molar-refractivity contribution in [1.82, 2.24) is 0 Å². The van der Waals surface area contributed by atoms with Gasteiger partial charge in [0.1, 0.15) is 6.61 Å². The van der Waals surface area contributed by atoms with E-state index in [1.165, 1.54) is 295 Å². The van der Waals surface area contributed by atoms with Crippen LogP contribution >= 0.6 is 7.82 Å². The second kappa shape index (κ2) is 78.2. The Balaban J connectivity index is 3.77. The van der Waals surface area contributed by atoms with Gasteiger partial charge in [0.25, 0.3) is 0 Å². The number of carbonyl (C=O) groups is 2. The third-order valence-electron chi connectivity index (χ3n) is 17.8. The first-order valence-electron chi connectivity index (χ1n) is 40.1. The number of phosphoric acid groups is 1. The molecule has 0 rings (SSSR count). The van der Waals surface area contributed by atoms with E-state index in [0.29, 0.717) is 6.42 Å². The minimum atomic E-state index is -4.40. The Morgan fingerprint density at radius 3 is 0.892 bits per heavy atom. The summed E-state index contributed by atoms with van der Waals surface area (Å²) < 4.78 is 33.3. The molecule has 0 fully saturated rings. The molecule has 3 N–H and O–H groups in total. The van der Waals surface area contributed by atoms with Crippen LogP contribution in [0.4, 0.5) is 0 Å². The van der Waals surface area contributed by atoms with E-state index in [0.717, 1.165) is 70.6 Å². The van der Waals surface area contributed by atoms with Gasteiger partial charge < -0.3 is 20.1 Å². The van der Waals surface area contributed by atoms with Crippen molar-refractivity contribution in [2.24, 2.45) is 5.73 Å². The van der Waals surface area contributed by atoms with E-state index in [1.807, 2.05) is 0 Å². The molecule has 0 aliphatic carbocycles. The van der Waals surface area contributed by atoms with Crippen molar-refractivity contribution < 1.29 is 37.6 Å². The first-order chi connectivity index (χ1) is 45.8. The summed E-state index contributed by atoms with van der Waals surface area (Å²) >= 11 is 0. The maximum Gasteiger partial charge on any atom is 0.472 e. The third kappa shape index (κ3) is 78.1. The van der Waals surface area contributed by atoms with Crippen LogP contribution < -0.4 is 5.73 Å². The van der Waals surface area contributed by atoms with Gasteiger partial charge in [0.05, 0.1) is 13.2 Å². The summed E-state index contributed by atoms with van der Waals surface area (Å²) in [6, 6.07) is 0. The number of carbonyl (C=O) groups excluding carboxylic acids is 2. The maximum absolute atomic E-state index is 12.8. The molecule has 0 radical (unpaired) electrons. The smallest absolute Gasteiger partial charge is 0.462 e. The van der Waals surface area contributed by atoms with Crippen LogP contribution in [0, 0.1) is 0 Å². The predicted molar refractivity (Wildman–Crippen MR) is 404 cm³/mol. The lowest BCUT2D eigenvalue weighted by atomic mass is 10.0. The zero-order valence-corrected chi connectivity index (χ0v) is 62.1. The van der Waals surface area contributed by atoms with Gasteiger partial charge in [-0.05, 0) is 89.9 Å². The van der Waals surface area contributed by atoms with E-state index in [-0.39, 0.29) is 38.6 Å². The van der Waals surface area contributed by atoms with Crippen LogP contribution in [0.2, 0.25) is 0 Å². The number of phosphoric ester groups is 1. The van der Waals surface area contributed by atoms with E-state index in [4.69, 9.17) is 24.3 Å². The standard InChI is InChI=1S/C83H152NO8P/c1-3-5-7-9-11-13-15-17-19-21-23-25-27-29-31-33-35-36-37-38-39-40-41-42-43-44-46-48-50-52-54-56-58-60-62-64-66-68-70-72-74-76-83(86)92-81(80-91-93(87,88)90-78-77-84)79-89-82(85)75-73-71-69-67-65-63-61-59-57-55-53-51-49-47-45-34-32-30-28-26-24-22-20-18-16-14-12-10-8-6-4-2/h5,7,11,13,17,19,22-25,29,31,35-36,81H,3-4,6,8-10,12,14-16,18,20-21,26-28,30,32-34,37-80,84H2,1-2H3,(H,87,88)/b7-5-,13-11-,19-17-,24-22-,25-23-,31-29-,36-35-. The summed E-state index contributed by atoms with van der Waals surface area (Å²) in [6.45, 7) is 3.70. The predicted octanol–water partition coefficient (Wildman–Crippen LogP) is 26.9. The van der Waals surface area contributed by atoms with Crippen molar-refractivity contribution in [3.63, 3.8) is 0 Å². The minimum absolute atomic E-state index is 0.0545. The topological polar surface area (TPSA) is 134 Å². The molecule has 0 heterocycles. The summed E-state index contributed by atoms with van der Waals surface area (Å²) in [4.78, 5) is 35.5. The molecule has 2 unspecified atom stereocenters. The first-order valence-corrected chi connectivity index (χ1v) is 41.6. The zero-order valence-electron chi connectivity index (χ0n) is 61.2. The molecule has 0 aromatic rings. The average molecular weight is 1320 g/mol. The van der Waals surface area contributed by atoms with Crippen LogP contribution in [-0.4, -0.2) is 49.3 Å². The fourth-order valence-electron chi connectivity index (χ4n) is 11.9. The number of allylic oxidation sites excluding steroid dienone is 14. The van der Waals surface area contributed by atoms with Gasteiger partial charge >= 0.3 is 19.8 Å². The van der Waals surface area contributed by atoms with Crippen molar-refractivity contribution >= 4 is 19.8 Å². The van der Waals surface area contributed by atoms with E-state index in [9.17, 15) is 19.0 Å². The highest BCUT2D eigenvalue weighted by atomic mass is 31.2. The Morgan fingerprint density at radius 1 is 0.333 bits per heavy atom. The summed E-state index contributed by atoms with van der Waals surface area (Å²) in [5, 5.41) is 0. The number of esters is 2. The molecule has 0 saturated heterocycles. The molecular weight excluding hydrogens is 1170 g/mol. The van der Waals surface area contributed by atoms with Gasteiger partial charge in [-0.25, -0.2) is 4.57 Å². The average Bonchev–Trinajstić information content (AvgIpc) is 3.49. The summed E-state index contributed by atoms with van der Waals surface area (Å²) in [5.74, 6) is -0.806. The SMILES string of the molecule is CC/C=C\C/C=C\C/C=C\C/C=C\C/C=C\C/C=C\CCCCCCCCCCCCCCCCCCCCCCCCC(=O)OC(COC(=O)CCCCCCCCCCCCCCCCCCCCC/C=C\CCCCCCCCCC)COP(=O)(O)OCCN. The van der Waals surface area contributed by atoms with E-state index < -0.39 is 26.5 Å². The molecule has 0 aliphatic rings. The normalized spacial score (nSPS) is 13.3. The molecule has 0 aromatic heterocycles. The number of unbranched alkanes of at least 4 members (excludes halogenated alkanes) is 49. The molecular formula is C83H152NO8P. The van der Waals surface area contributed by atoms with Crippen LogP contribution in [0.1, 0.15) is 399 Å². The Morgan fingerprint density at radius 2 is 0.591 bits per heavy atom. The summed E-state index contributed by atoms with van der Waals surface area (Å²) in [5.41, 5.74) is 5.42. The highest BCUT2D eigenvalue weighted by Crippen LogP contribution is 2.43. The Labute approximate surface area is 576 Å².